The number of methoxy groups -OCH3 is 3. The largest absolute Gasteiger partial charge is 0.497 e. The van der Waals surface area contributed by atoms with Crippen LogP contribution in [-0.2, 0) is 16.6 Å². The second kappa shape index (κ2) is 11.7. The lowest BCUT2D eigenvalue weighted by molar-refractivity contribution is 0.0146. The predicted molar refractivity (Wildman–Crippen MR) is 177 cm³/mol. The first-order chi connectivity index (χ1) is 22.0. The average molecular weight is 622 g/mol. The lowest BCUT2D eigenvalue weighted by Crippen LogP contribution is -2.55. The van der Waals surface area contributed by atoms with Gasteiger partial charge < -0.3 is 23.4 Å². The van der Waals surface area contributed by atoms with Gasteiger partial charge in [-0.2, -0.15) is 0 Å². The van der Waals surface area contributed by atoms with Crippen LogP contribution in [0.3, 0.4) is 0 Å². The summed E-state index contributed by atoms with van der Waals surface area (Å²) in [6.45, 7) is 7.64. The number of hydrogen-bond acceptors (Lipinski definition) is 7. The van der Waals surface area contributed by atoms with Crippen LogP contribution < -0.4 is 19.8 Å². The second-order valence-corrected chi connectivity index (χ2v) is 12.8. The summed E-state index contributed by atoms with van der Waals surface area (Å²) < 4.78 is 28.7. The standard InChI is InChI=1S/C38H39NO7/c1-23-29(16-17-45-35(23)40)30-15-14-28(43-6)20-31(30)25-21-38(26-11-9-12-27(19-26)42-5)33(39(22-25)36(41)46-37(2,3)4)18-24-10-8-13-32(44-7)34(24)38/h8-17,19-21,33H,18,22H2,1-7H3/t33-,38+/m0/s1. The molecular formula is C38H39NO7. The van der Waals surface area contributed by atoms with Crippen LogP contribution in [-0.4, -0.2) is 50.5 Å². The zero-order valence-corrected chi connectivity index (χ0v) is 27.3. The monoisotopic (exact) mass is 621 g/mol. The fraction of sp³-hybridized carbons (Fsp3) is 0.316. The van der Waals surface area contributed by atoms with Crippen LogP contribution in [0, 0.1) is 6.92 Å². The fourth-order valence-corrected chi connectivity index (χ4v) is 6.97. The normalized spacial score (nSPS) is 18.7. The Bertz CT molecular complexity index is 1900. The Labute approximate surface area is 269 Å². The molecule has 0 radical (unpaired) electrons. The third-order valence-electron chi connectivity index (χ3n) is 8.96. The van der Waals surface area contributed by atoms with Gasteiger partial charge in [0.25, 0.3) is 0 Å². The van der Waals surface area contributed by atoms with E-state index in [1.807, 2.05) is 74.2 Å². The molecule has 0 bridgehead atoms. The highest BCUT2D eigenvalue weighted by molar-refractivity contribution is 5.88. The third kappa shape index (κ3) is 5.21. The number of ether oxygens (including phenoxy) is 4. The highest BCUT2D eigenvalue weighted by atomic mass is 16.6. The van der Waals surface area contributed by atoms with Crippen molar-refractivity contribution in [1.82, 2.24) is 4.90 Å². The van der Waals surface area contributed by atoms with Crippen molar-refractivity contribution >= 4 is 11.7 Å². The van der Waals surface area contributed by atoms with E-state index in [0.29, 0.717) is 23.5 Å². The Morgan fingerprint density at radius 1 is 0.891 bits per heavy atom. The van der Waals surface area contributed by atoms with Crippen molar-refractivity contribution in [2.75, 3.05) is 27.9 Å². The van der Waals surface area contributed by atoms with Gasteiger partial charge in [-0.05, 0) is 104 Å². The van der Waals surface area contributed by atoms with Crippen LogP contribution >= 0.6 is 0 Å². The third-order valence-corrected chi connectivity index (χ3v) is 8.96. The highest BCUT2D eigenvalue weighted by Gasteiger charge is 2.55. The van der Waals surface area contributed by atoms with Gasteiger partial charge in [-0.3, -0.25) is 4.90 Å². The Morgan fingerprint density at radius 2 is 1.63 bits per heavy atom. The van der Waals surface area contributed by atoms with E-state index in [-0.39, 0.29) is 12.6 Å². The van der Waals surface area contributed by atoms with Crippen molar-refractivity contribution in [3.63, 3.8) is 0 Å². The summed E-state index contributed by atoms with van der Waals surface area (Å²) in [6.07, 6.45) is 3.85. The van der Waals surface area contributed by atoms with Gasteiger partial charge in [-0.1, -0.05) is 36.4 Å². The molecule has 46 heavy (non-hydrogen) atoms. The minimum absolute atomic E-state index is 0.266. The maximum Gasteiger partial charge on any atom is 0.410 e. The molecule has 2 heterocycles. The Hall–Kier alpha value is -4.98. The molecule has 4 aromatic rings. The van der Waals surface area contributed by atoms with E-state index in [1.54, 1.807) is 34.3 Å². The molecule has 238 valence electrons. The SMILES string of the molecule is COc1cccc([C@]23C=C(c4cc(OC)ccc4-c4ccoc(=O)c4C)CN(C(=O)OC(C)(C)C)[C@H]2Cc2cccc(OC)c23)c1. The van der Waals surface area contributed by atoms with Gasteiger partial charge in [-0.15, -0.1) is 0 Å². The minimum Gasteiger partial charge on any atom is -0.497 e. The first kappa shape index (κ1) is 31.0. The number of carbonyl (C=O) groups excluding carboxylic acids is 1. The predicted octanol–water partition coefficient (Wildman–Crippen LogP) is 7.19. The summed E-state index contributed by atoms with van der Waals surface area (Å²) in [4.78, 5) is 28.7. The average Bonchev–Trinajstić information content (AvgIpc) is 3.40. The van der Waals surface area contributed by atoms with Crippen molar-refractivity contribution < 1.29 is 28.2 Å². The Kier molecular flexibility index (Phi) is 7.92. The van der Waals surface area contributed by atoms with E-state index >= 15 is 0 Å². The summed E-state index contributed by atoms with van der Waals surface area (Å²) in [5.74, 6) is 2.07. The van der Waals surface area contributed by atoms with E-state index < -0.39 is 22.7 Å². The molecule has 3 aromatic carbocycles. The topological polar surface area (TPSA) is 87.4 Å². The lowest BCUT2D eigenvalue weighted by atomic mass is 9.68. The van der Waals surface area contributed by atoms with Gasteiger partial charge >= 0.3 is 11.7 Å². The molecule has 1 aliphatic carbocycles. The number of rotatable bonds is 6. The van der Waals surface area contributed by atoms with Crippen LogP contribution in [0.2, 0.25) is 0 Å². The summed E-state index contributed by atoms with van der Waals surface area (Å²) in [6, 6.07) is 21.3. The molecule has 0 unspecified atom stereocenters. The van der Waals surface area contributed by atoms with Gasteiger partial charge in [0.2, 0.25) is 0 Å². The smallest absolute Gasteiger partial charge is 0.410 e. The highest BCUT2D eigenvalue weighted by Crippen LogP contribution is 2.55. The Balaban J connectivity index is 1.71. The number of carbonyl (C=O) groups is 1. The molecule has 8 heteroatoms. The number of benzene rings is 3. The maximum atomic E-state index is 14.3. The van der Waals surface area contributed by atoms with Gasteiger partial charge in [0.1, 0.15) is 22.8 Å². The molecule has 0 N–H and O–H groups in total. The van der Waals surface area contributed by atoms with Crippen LogP contribution in [0.4, 0.5) is 4.79 Å². The van der Waals surface area contributed by atoms with E-state index in [2.05, 4.69) is 18.2 Å². The quantitative estimate of drug-likeness (QED) is 0.225. The van der Waals surface area contributed by atoms with Crippen molar-refractivity contribution in [3.05, 3.63) is 117 Å². The van der Waals surface area contributed by atoms with Crippen molar-refractivity contribution in [3.8, 4) is 28.4 Å². The van der Waals surface area contributed by atoms with Crippen molar-refractivity contribution in [1.29, 1.82) is 0 Å². The summed E-state index contributed by atoms with van der Waals surface area (Å²) >= 11 is 0. The molecular weight excluding hydrogens is 582 g/mol. The van der Waals surface area contributed by atoms with Gasteiger partial charge in [0, 0.05) is 17.7 Å². The van der Waals surface area contributed by atoms with Crippen LogP contribution in [0.15, 0.2) is 88.3 Å². The Morgan fingerprint density at radius 3 is 2.35 bits per heavy atom. The van der Waals surface area contributed by atoms with E-state index in [1.165, 1.54) is 6.26 Å². The second-order valence-electron chi connectivity index (χ2n) is 12.8. The summed E-state index contributed by atoms with van der Waals surface area (Å²) in [5, 5.41) is 0. The number of fused-ring (bicyclic) bond motifs is 3. The number of hydrogen-bond donors (Lipinski definition) is 0. The lowest BCUT2D eigenvalue weighted by Gasteiger charge is -2.46. The first-order valence-electron chi connectivity index (χ1n) is 15.3. The van der Waals surface area contributed by atoms with Crippen LogP contribution in [0.1, 0.15) is 48.6 Å². The number of amides is 1. The maximum absolute atomic E-state index is 14.3. The van der Waals surface area contributed by atoms with E-state index in [4.69, 9.17) is 23.4 Å². The van der Waals surface area contributed by atoms with E-state index in [9.17, 15) is 9.59 Å². The molecule has 2 atom stereocenters. The van der Waals surface area contributed by atoms with Gasteiger partial charge in [0.05, 0.1) is 39.0 Å². The minimum atomic E-state index is -0.841. The molecule has 0 saturated carbocycles. The van der Waals surface area contributed by atoms with Gasteiger partial charge in [0.15, 0.2) is 0 Å². The molecule has 0 saturated heterocycles. The molecule has 0 fully saturated rings. The van der Waals surface area contributed by atoms with Crippen LogP contribution in [0.25, 0.3) is 16.7 Å². The molecule has 8 nitrogen and oxygen atoms in total. The molecule has 1 amide bonds. The molecule has 6 rings (SSSR count). The van der Waals surface area contributed by atoms with Crippen molar-refractivity contribution in [2.24, 2.45) is 0 Å². The molecule has 1 aromatic heterocycles. The number of nitrogens with zero attached hydrogens (tertiary/aromatic N) is 1. The summed E-state index contributed by atoms with van der Waals surface area (Å²) in [7, 11) is 4.94. The van der Waals surface area contributed by atoms with Crippen molar-refractivity contribution in [2.45, 2.75) is 51.2 Å². The zero-order chi connectivity index (χ0) is 32.8. The molecule has 0 spiro atoms. The van der Waals surface area contributed by atoms with Gasteiger partial charge in [-0.25, -0.2) is 9.59 Å². The fourth-order valence-electron chi connectivity index (χ4n) is 6.97. The summed E-state index contributed by atoms with van der Waals surface area (Å²) in [5.41, 5.74) is 4.80. The molecule has 2 aliphatic rings. The van der Waals surface area contributed by atoms with Crippen LogP contribution in [0.5, 0.6) is 17.2 Å². The van der Waals surface area contributed by atoms with E-state index in [0.717, 1.165) is 44.7 Å². The molecule has 1 aliphatic heterocycles. The zero-order valence-electron chi connectivity index (χ0n) is 27.3. The first-order valence-corrected chi connectivity index (χ1v) is 15.3.